The molecule has 0 amide bonds. The van der Waals surface area contributed by atoms with E-state index in [4.69, 9.17) is 9.84 Å². The summed E-state index contributed by atoms with van der Waals surface area (Å²) in [5.74, 6) is -0.312. The van der Waals surface area contributed by atoms with Gasteiger partial charge in [0.25, 0.3) is 0 Å². The summed E-state index contributed by atoms with van der Waals surface area (Å²) in [5, 5.41) is 9.06. The minimum Gasteiger partial charge on any atom is -0.481 e. The van der Waals surface area contributed by atoms with Crippen LogP contribution in [0.5, 0.6) is 0 Å². The number of quaternary nitrogens is 1. The number of ether oxygens (including phenoxy) is 1. The van der Waals surface area contributed by atoms with Crippen LogP contribution in [0.2, 0.25) is 0 Å². The van der Waals surface area contributed by atoms with Crippen molar-refractivity contribution in [3.63, 3.8) is 0 Å². The molecule has 0 aliphatic rings. The summed E-state index contributed by atoms with van der Waals surface area (Å²) in [6.07, 6.45) is 24.9. The highest BCUT2D eigenvalue weighted by Gasteiger charge is 2.24. The monoisotopic (exact) mass is 512 g/mol. The van der Waals surface area contributed by atoms with Crippen molar-refractivity contribution >= 4 is 11.9 Å². The molecule has 0 aromatic rings. The molecular weight excluding hydrogens is 450 g/mol. The van der Waals surface area contributed by atoms with Gasteiger partial charge in [0.15, 0.2) is 6.10 Å². The summed E-state index contributed by atoms with van der Waals surface area (Å²) >= 11 is 0. The molecule has 0 saturated heterocycles. The van der Waals surface area contributed by atoms with E-state index in [-0.39, 0.29) is 12.4 Å². The van der Waals surface area contributed by atoms with Crippen molar-refractivity contribution < 1.29 is 23.9 Å². The molecule has 5 heteroatoms. The molecule has 2 atom stereocenters. The van der Waals surface area contributed by atoms with Crippen LogP contribution >= 0.6 is 0 Å². The largest absolute Gasteiger partial charge is 0.481 e. The summed E-state index contributed by atoms with van der Waals surface area (Å²) in [4.78, 5) is 23.2. The number of carbonyl (C=O) groups is 2. The molecule has 36 heavy (non-hydrogen) atoms. The number of carboxylic acids is 1. The number of hydrogen-bond donors (Lipinski definition) is 1. The molecule has 0 heterocycles. The Morgan fingerprint density at radius 2 is 1.11 bits per heavy atom. The van der Waals surface area contributed by atoms with Crippen molar-refractivity contribution in [2.24, 2.45) is 5.92 Å². The number of rotatable bonds is 26. The van der Waals surface area contributed by atoms with E-state index in [0.717, 1.165) is 18.8 Å². The lowest BCUT2D eigenvalue weighted by Crippen LogP contribution is -2.43. The first-order valence-electron chi connectivity index (χ1n) is 15.4. The van der Waals surface area contributed by atoms with Crippen molar-refractivity contribution in [2.75, 3.05) is 27.7 Å². The van der Waals surface area contributed by atoms with E-state index >= 15 is 0 Å². The predicted molar refractivity (Wildman–Crippen MR) is 152 cm³/mol. The van der Waals surface area contributed by atoms with E-state index in [1.165, 1.54) is 109 Å². The molecule has 0 aromatic heterocycles. The van der Waals surface area contributed by atoms with Gasteiger partial charge in [-0.25, -0.2) is 0 Å². The van der Waals surface area contributed by atoms with Crippen molar-refractivity contribution in [3.8, 4) is 0 Å². The molecule has 0 aliphatic carbocycles. The third-order valence-electron chi connectivity index (χ3n) is 7.08. The maximum atomic E-state index is 12.1. The lowest BCUT2D eigenvalue weighted by Gasteiger charge is -2.28. The maximum Gasteiger partial charge on any atom is 0.307 e. The van der Waals surface area contributed by atoms with Crippen molar-refractivity contribution in [1.82, 2.24) is 0 Å². The van der Waals surface area contributed by atoms with Gasteiger partial charge in [-0.3, -0.25) is 9.59 Å². The molecule has 0 aliphatic heterocycles. The fourth-order valence-corrected chi connectivity index (χ4v) is 4.96. The Labute approximate surface area is 224 Å². The van der Waals surface area contributed by atoms with E-state index in [1.807, 2.05) is 21.1 Å². The SMILES string of the molecule is CCCCCCCCCCCCC(C)CCCCCCCCCC(=O)OC(CC(=O)O)C[N+](C)(C)C. The Hall–Kier alpha value is -1.10. The van der Waals surface area contributed by atoms with Gasteiger partial charge in [0.05, 0.1) is 27.6 Å². The van der Waals surface area contributed by atoms with Gasteiger partial charge in [0.1, 0.15) is 6.54 Å². The number of aliphatic carboxylic acids is 1. The van der Waals surface area contributed by atoms with E-state index in [0.29, 0.717) is 17.4 Å². The molecular formula is C31H62NO4+. The van der Waals surface area contributed by atoms with Crippen LogP contribution in [0.15, 0.2) is 0 Å². The molecule has 0 saturated carbocycles. The molecule has 214 valence electrons. The second kappa shape index (κ2) is 23.0. The smallest absolute Gasteiger partial charge is 0.307 e. The minimum atomic E-state index is -0.922. The van der Waals surface area contributed by atoms with Gasteiger partial charge in [0.2, 0.25) is 0 Å². The van der Waals surface area contributed by atoms with Gasteiger partial charge in [0, 0.05) is 6.42 Å². The van der Waals surface area contributed by atoms with Crippen molar-refractivity contribution in [1.29, 1.82) is 0 Å². The van der Waals surface area contributed by atoms with Gasteiger partial charge >= 0.3 is 11.9 Å². The van der Waals surface area contributed by atoms with Gasteiger partial charge in [-0.15, -0.1) is 0 Å². The second-order valence-electron chi connectivity index (χ2n) is 12.3. The topological polar surface area (TPSA) is 63.6 Å². The van der Waals surface area contributed by atoms with Gasteiger partial charge in [-0.1, -0.05) is 129 Å². The Kier molecular flexibility index (Phi) is 22.3. The molecule has 0 fully saturated rings. The third kappa shape index (κ3) is 26.0. The molecule has 0 aromatic carbocycles. The summed E-state index contributed by atoms with van der Waals surface area (Å²) < 4.78 is 6.03. The summed E-state index contributed by atoms with van der Waals surface area (Å²) in [6, 6.07) is 0. The van der Waals surface area contributed by atoms with Gasteiger partial charge in [-0.05, 0) is 12.3 Å². The Bertz CT molecular complexity index is 529. The highest BCUT2D eigenvalue weighted by molar-refractivity contribution is 5.71. The lowest BCUT2D eigenvalue weighted by molar-refractivity contribution is -0.873. The Balaban J connectivity index is 3.55. The number of esters is 1. The third-order valence-corrected chi connectivity index (χ3v) is 7.08. The number of likely N-dealkylation sites (N-methyl/N-ethyl adjacent to an activating group) is 1. The number of carboxylic acid groups (broad SMARTS) is 1. The van der Waals surface area contributed by atoms with Gasteiger partial charge in [-0.2, -0.15) is 0 Å². The first-order valence-corrected chi connectivity index (χ1v) is 15.4. The molecule has 5 nitrogen and oxygen atoms in total. The fourth-order valence-electron chi connectivity index (χ4n) is 4.96. The molecule has 0 spiro atoms. The van der Waals surface area contributed by atoms with Crippen LogP contribution in [-0.2, 0) is 14.3 Å². The standard InChI is InChI=1S/C31H61NO4/c1-6-7-8-9-10-11-12-14-17-20-23-28(2)24-21-18-15-13-16-19-22-25-31(35)36-29(26-30(33)34)27-32(3,4)5/h28-29H,6-27H2,1-5H3/p+1. The number of carbonyl (C=O) groups excluding carboxylic acids is 1. The molecule has 0 rings (SSSR count). The minimum absolute atomic E-state index is 0.126. The molecule has 0 bridgehead atoms. The normalized spacial score (nSPS) is 13.5. The lowest BCUT2D eigenvalue weighted by atomic mass is 9.95. The van der Waals surface area contributed by atoms with Crippen LogP contribution < -0.4 is 0 Å². The van der Waals surface area contributed by atoms with E-state index in [1.54, 1.807) is 0 Å². The average molecular weight is 513 g/mol. The van der Waals surface area contributed by atoms with Crippen LogP contribution in [0, 0.1) is 5.92 Å². The van der Waals surface area contributed by atoms with Crippen LogP contribution in [0.4, 0.5) is 0 Å². The van der Waals surface area contributed by atoms with Gasteiger partial charge < -0.3 is 14.3 Å². The summed E-state index contributed by atoms with van der Waals surface area (Å²) in [6.45, 7) is 5.22. The molecule has 1 N–H and O–H groups in total. The molecule has 2 unspecified atom stereocenters. The quantitative estimate of drug-likeness (QED) is 0.0716. The van der Waals surface area contributed by atoms with E-state index < -0.39 is 12.1 Å². The van der Waals surface area contributed by atoms with Crippen molar-refractivity contribution in [2.45, 2.75) is 155 Å². The predicted octanol–water partition coefficient (Wildman–Crippen LogP) is 8.54. The number of unbranched alkanes of at least 4 members (excludes halogenated alkanes) is 15. The Morgan fingerprint density at radius 3 is 1.53 bits per heavy atom. The van der Waals surface area contributed by atoms with Crippen LogP contribution in [0.25, 0.3) is 0 Å². The molecule has 0 radical (unpaired) electrons. The first-order chi connectivity index (χ1) is 17.1. The van der Waals surface area contributed by atoms with E-state index in [9.17, 15) is 9.59 Å². The first kappa shape index (κ1) is 34.9. The van der Waals surface area contributed by atoms with E-state index in [2.05, 4.69) is 13.8 Å². The zero-order valence-electron chi connectivity index (χ0n) is 24.8. The fraction of sp³-hybridized carbons (Fsp3) is 0.935. The maximum absolute atomic E-state index is 12.1. The second-order valence-corrected chi connectivity index (χ2v) is 12.3. The van der Waals surface area contributed by atoms with Crippen LogP contribution in [0.1, 0.15) is 149 Å². The average Bonchev–Trinajstić information content (AvgIpc) is 2.77. The Morgan fingerprint density at radius 1 is 0.694 bits per heavy atom. The summed E-state index contributed by atoms with van der Waals surface area (Å²) in [5.41, 5.74) is 0. The van der Waals surface area contributed by atoms with Crippen molar-refractivity contribution in [3.05, 3.63) is 0 Å². The summed E-state index contributed by atoms with van der Waals surface area (Å²) in [7, 11) is 5.92. The highest BCUT2D eigenvalue weighted by atomic mass is 16.5. The number of nitrogens with zero attached hydrogens (tertiary/aromatic N) is 1. The highest BCUT2D eigenvalue weighted by Crippen LogP contribution is 2.19. The number of hydrogen-bond acceptors (Lipinski definition) is 3. The van der Waals surface area contributed by atoms with Crippen LogP contribution in [0.3, 0.4) is 0 Å². The zero-order valence-corrected chi connectivity index (χ0v) is 24.8. The van der Waals surface area contributed by atoms with Crippen LogP contribution in [-0.4, -0.2) is 55.3 Å². The zero-order chi connectivity index (χ0) is 27.1.